The Morgan fingerprint density at radius 3 is 0.710 bits per heavy atom. The Kier molecular flexibility index (Phi) is 13.2. The van der Waals surface area contributed by atoms with Crippen LogP contribution in [0.25, 0.3) is 0 Å². The summed E-state index contributed by atoms with van der Waals surface area (Å²) in [4.78, 5) is 39.2. The first-order valence-corrected chi connectivity index (χ1v) is 8.62. The number of hydrogen-bond acceptors (Lipinski definition) is 8. The maximum absolute atomic E-state index is 10.1. The summed E-state index contributed by atoms with van der Waals surface area (Å²) in [5.41, 5.74) is 0.660. The van der Waals surface area contributed by atoms with Crippen LogP contribution in [-0.2, 0) is 4.79 Å². The normalized spacial score (nSPS) is 8.55. The quantitative estimate of drug-likeness (QED) is 0.514. The summed E-state index contributed by atoms with van der Waals surface area (Å²) in [7, 11) is 0. The van der Waals surface area contributed by atoms with Crippen molar-refractivity contribution >= 4 is 23.9 Å². The molecule has 8 heteroatoms. The van der Waals surface area contributed by atoms with Gasteiger partial charge in [0.05, 0.1) is 17.9 Å². The molecule has 0 atom stereocenters. The van der Waals surface area contributed by atoms with Gasteiger partial charge in [-0.3, -0.25) is 0 Å². The van der Waals surface area contributed by atoms with Gasteiger partial charge in [-0.25, -0.2) is 0 Å². The van der Waals surface area contributed by atoms with Gasteiger partial charge in [0.15, 0.2) is 0 Å². The van der Waals surface area contributed by atoms with Crippen molar-refractivity contribution in [2.75, 3.05) is 0 Å². The topological polar surface area (TPSA) is 161 Å². The van der Waals surface area contributed by atoms with E-state index in [9.17, 15) is 29.7 Å². The molecule has 0 aliphatic heterocycles. The fourth-order valence-electron chi connectivity index (χ4n) is 1.72. The number of aromatic carboxylic acids is 3. The van der Waals surface area contributed by atoms with E-state index in [1.807, 2.05) is 0 Å². The summed E-state index contributed by atoms with van der Waals surface area (Å²) >= 11 is 0. The largest absolute Gasteiger partial charge is 0.550 e. The number of rotatable bonds is 3. The van der Waals surface area contributed by atoms with Gasteiger partial charge in [-0.05, 0) is 23.6 Å². The molecule has 0 aliphatic carbocycles. The second-order valence-corrected chi connectivity index (χ2v) is 5.45. The van der Waals surface area contributed by atoms with Crippen LogP contribution in [0.3, 0.4) is 0 Å². The predicted octanol–water partition coefficient (Wildman–Crippen LogP) is -1.09. The monoisotopic (exact) mass is 422 g/mol. The number of carbonyl (C=O) groups is 4. The van der Waals surface area contributed by atoms with Gasteiger partial charge in [-0.2, -0.15) is 0 Å². The zero-order chi connectivity index (χ0) is 23.6. The maximum Gasteiger partial charge on any atom is 0.0715 e. The molecule has 0 bridgehead atoms. The number of hydrogen-bond donors (Lipinski definition) is 0. The van der Waals surface area contributed by atoms with Crippen molar-refractivity contribution < 1.29 is 39.6 Å². The average Bonchev–Trinajstić information content (AvgIpc) is 2.76. The molecule has 3 rings (SSSR count). The van der Waals surface area contributed by atoms with Crippen LogP contribution < -0.4 is 20.4 Å². The molecule has 0 spiro atoms. The van der Waals surface area contributed by atoms with Gasteiger partial charge in [0.2, 0.25) is 0 Å². The predicted molar refractivity (Wildman–Crippen MR) is 103 cm³/mol. The van der Waals surface area contributed by atoms with E-state index in [4.69, 9.17) is 9.90 Å². The van der Waals surface area contributed by atoms with Crippen LogP contribution in [0, 0.1) is 0 Å². The lowest BCUT2D eigenvalue weighted by atomic mass is 10.2. The Morgan fingerprint density at radius 2 is 0.613 bits per heavy atom. The van der Waals surface area contributed by atoms with E-state index in [-0.39, 0.29) is 16.7 Å². The summed E-state index contributed by atoms with van der Waals surface area (Å²) < 4.78 is 0. The molecule has 0 saturated heterocycles. The van der Waals surface area contributed by atoms with Crippen molar-refractivity contribution in [3.63, 3.8) is 0 Å². The minimum absolute atomic E-state index is 0.220. The van der Waals surface area contributed by atoms with Crippen molar-refractivity contribution in [2.45, 2.75) is 6.92 Å². The molecule has 0 N–H and O–H groups in total. The van der Waals surface area contributed by atoms with Gasteiger partial charge < -0.3 is 39.6 Å². The third-order valence-corrected chi connectivity index (χ3v) is 3.03. The van der Waals surface area contributed by atoms with Gasteiger partial charge in [0.1, 0.15) is 0 Å². The molecule has 0 aromatic heterocycles. The lowest BCUT2D eigenvalue weighted by molar-refractivity contribution is -0.302. The lowest BCUT2D eigenvalue weighted by Gasteiger charge is -1.97. The minimum Gasteiger partial charge on any atom is -0.550 e. The first-order chi connectivity index (χ1) is 14.6. The number of carbonyl (C=O) groups excluding carboxylic acids is 4. The number of aliphatic carboxylic acids is 1. The van der Waals surface area contributed by atoms with Gasteiger partial charge in [0, 0.05) is 5.97 Å². The van der Waals surface area contributed by atoms with Gasteiger partial charge in [-0.1, -0.05) is 91.0 Å². The van der Waals surface area contributed by atoms with Crippen molar-refractivity contribution in [3.05, 3.63) is 108 Å². The average molecular weight is 422 g/mol. The standard InChI is InChI=1S/3C7H6O2.C2H4O2/c3*8-7(9)6-4-2-1-3-5-6;1-2(3)4/h3*1-5H,(H,8,9);1H3,(H,3,4)/p-4. The molecule has 0 fully saturated rings. The Labute approximate surface area is 178 Å². The molecule has 3 aromatic carbocycles. The van der Waals surface area contributed by atoms with Gasteiger partial charge in [0.25, 0.3) is 0 Å². The third-order valence-electron chi connectivity index (χ3n) is 3.03. The molecule has 0 unspecified atom stereocenters. The minimum atomic E-state index is -1.13. The zero-order valence-corrected chi connectivity index (χ0v) is 16.4. The molecule has 8 nitrogen and oxygen atoms in total. The summed E-state index contributed by atoms with van der Waals surface area (Å²) in [6, 6.07) is 24.2. The molecule has 0 saturated carbocycles. The van der Waals surface area contributed by atoms with Crippen LogP contribution in [0.1, 0.15) is 38.0 Å². The highest BCUT2D eigenvalue weighted by Gasteiger charge is 1.87. The molecule has 3 aromatic rings. The van der Waals surface area contributed by atoms with Crippen molar-refractivity contribution in [1.82, 2.24) is 0 Å². The van der Waals surface area contributed by atoms with Crippen molar-refractivity contribution in [1.29, 1.82) is 0 Å². The Morgan fingerprint density at radius 1 is 0.452 bits per heavy atom. The van der Waals surface area contributed by atoms with Crippen LogP contribution in [0.5, 0.6) is 0 Å². The zero-order valence-electron chi connectivity index (χ0n) is 16.4. The van der Waals surface area contributed by atoms with Crippen LogP contribution in [0.2, 0.25) is 0 Å². The molecule has 0 aliphatic rings. The second-order valence-electron chi connectivity index (χ2n) is 5.45. The highest BCUT2D eigenvalue weighted by molar-refractivity contribution is 5.86. The van der Waals surface area contributed by atoms with E-state index in [1.54, 1.807) is 54.6 Å². The van der Waals surface area contributed by atoms with Gasteiger partial charge in [-0.15, -0.1) is 0 Å². The van der Waals surface area contributed by atoms with E-state index >= 15 is 0 Å². The molecule has 162 valence electrons. The summed E-state index contributed by atoms with van der Waals surface area (Å²) in [5.74, 6) is -4.47. The van der Waals surface area contributed by atoms with Gasteiger partial charge >= 0.3 is 0 Å². The lowest BCUT2D eigenvalue weighted by Crippen LogP contribution is -2.21. The fraction of sp³-hybridized carbons (Fsp3) is 0.0435. The van der Waals surface area contributed by atoms with Crippen LogP contribution in [0.4, 0.5) is 0 Å². The second kappa shape index (κ2) is 15.5. The van der Waals surface area contributed by atoms with Crippen LogP contribution >= 0.6 is 0 Å². The molecule has 0 radical (unpaired) electrons. The number of benzene rings is 3. The van der Waals surface area contributed by atoms with E-state index in [0.717, 1.165) is 6.92 Å². The Hall–Kier alpha value is -4.46. The van der Waals surface area contributed by atoms with E-state index in [2.05, 4.69) is 0 Å². The smallest absolute Gasteiger partial charge is 0.0715 e. The van der Waals surface area contributed by atoms with E-state index in [0.29, 0.717) is 0 Å². The first kappa shape index (κ1) is 26.5. The molecular weight excluding hydrogens is 404 g/mol. The molecular formula is C23H18O8-4. The fourth-order valence-corrected chi connectivity index (χ4v) is 1.72. The summed E-state index contributed by atoms with van der Waals surface area (Å²) in [5, 5.41) is 39.2. The molecule has 31 heavy (non-hydrogen) atoms. The number of carboxylic acid groups (broad SMARTS) is 4. The van der Waals surface area contributed by atoms with E-state index in [1.165, 1.54) is 36.4 Å². The van der Waals surface area contributed by atoms with E-state index < -0.39 is 23.9 Å². The maximum atomic E-state index is 10.1. The van der Waals surface area contributed by atoms with Crippen molar-refractivity contribution in [2.24, 2.45) is 0 Å². The Bertz CT molecular complexity index is 817. The molecule has 0 heterocycles. The number of carboxylic acids is 4. The summed E-state index contributed by atoms with van der Waals surface area (Å²) in [6.45, 7) is 0.972. The first-order valence-electron chi connectivity index (χ1n) is 8.62. The SMILES string of the molecule is CC(=O)[O-].O=C([O-])c1ccccc1.O=C([O-])c1ccccc1.O=C([O-])c1ccccc1. The highest BCUT2D eigenvalue weighted by Crippen LogP contribution is 1.95. The Balaban J connectivity index is 0.000000402. The third kappa shape index (κ3) is 14.2. The van der Waals surface area contributed by atoms with Crippen LogP contribution in [-0.4, -0.2) is 23.9 Å². The summed E-state index contributed by atoms with van der Waals surface area (Å²) in [6.07, 6.45) is 0. The molecule has 0 amide bonds. The highest BCUT2D eigenvalue weighted by atomic mass is 16.4. The van der Waals surface area contributed by atoms with Crippen molar-refractivity contribution in [3.8, 4) is 0 Å². The van der Waals surface area contributed by atoms with Crippen LogP contribution in [0.15, 0.2) is 91.0 Å².